The van der Waals surface area contributed by atoms with Crippen LogP contribution in [0.15, 0.2) is 0 Å². The molecule has 2 atom stereocenters. The van der Waals surface area contributed by atoms with E-state index in [4.69, 9.17) is 0 Å². The summed E-state index contributed by atoms with van der Waals surface area (Å²) in [7, 11) is -2.87. The molecule has 0 aliphatic rings. The van der Waals surface area contributed by atoms with Gasteiger partial charge in [-0.3, -0.25) is 0 Å². The lowest BCUT2D eigenvalue weighted by atomic mass is 9.89. The van der Waals surface area contributed by atoms with Gasteiger partial charge < -0.3 is 5.32 Å². The molecular formula is C12H27NO2S. The van der Waals surface area contributed by atoms with Crippen LogP contribution < -0.4 is 5.32 Å². The Kier molecular flexibility index (Phi) is 5.98. The Hall–Kier alpha value is -0.0900. The van der Waals surface area contributed by atoms with E-state index in [0.717, 1.165) is 12.8 Å². The molecule has 3 nitrogen and oxygen atoms in total. The van der Waals surface area contributed by atoms with Crippen molar-refractivity contribution < 1.29 is 8.42 Å². The number of sulfone groups is 1. The van der Waals surface area contributed by atoms with Gasteiger partial charge in [0.1, 0.15) is 9.84 Å². The third kappa shape index (κ3) is 10.4. The third-order valence-corrected chi connectivity index (χ3v) is 3.55. The van der Waals surface area contributed by atoms with E-state index in [2.05, 4.69) is 33.0 Å². The van der Waals surface area contributed by atoms with Gasteiger partial charge in [-0.1, -0.05) is 20.8 Å². The fourth-order valence-electron chi connectivity index (χ4n) is 1.72. The molecule has 0 aromatic rings. The van der Waals surface area contributed by atoms with Crippen molar-refractivity contribution in [3.05, 3.63) is 0 Å². The van der Waals surface area contributed by atoms with Gasteiger partial charge in [0.2, 0.25) is 0 Å². The quantitative estimate of drug-likeness (QED) is 0.785. The highest BCUT2D eigenvalue weighted by atomic mass is 32.2. The van der Waals surface area contributed by atoms with Crippen LogP contribution in [0.3, 0.4) is 0 Å². The number of nitrogens with one attached hydrogen (secondary N) is 1. The Balaban J connectivity index is 3.92. The molecule has 0 aliphatic heterocycles. The number of hydrogen-bond donors (Lipinski definition) is 1. The van der Waals surface area contributed by atoms with Gasteiger partial charge in [-0.2, -0.15) is 0 Å². The molecule has 98 valence electrons. The summed E-state index contributed by atoms with van der Waals surface area (Å²) in [4.78, 5) is 0. The lowest BCUT2D eigenvalue weighted by Crippen LogP contribution is -2.39. The fourth-order valence-corrected chi connectivity index (χ4v) is 2.73. The highest BCUT2D eigenvalue weighted by Crippen LogP contribution is 2.21. The minimum absolute atomic E-state index is 0.0324. The van der Waals surface area contributed by atoms with Gasteiger partial charge in [0, 0.05) is 18.3 Å². The molecule has 0 aromatic heterocycles. The zero-order valence-electron chi connectivity index (χ0n) is 11.5. The van der Waals surface area contributed by atoms with Crippen LogP contribution in [-0.2, 0) is 9.84 Å². The van der Waals surface area contributed by atoms with Crippen molar-refractivity contribution in [2.75, 3.05) is 12.0 Å². The maximum atomic E-state index is 11.1. The Morgan fingerprint density at radius 1 is 1.12 bits per heavy atom. The van der Waals surface area contributed by atoms with E-state index >= 15 is 0 Å². The van der Waals surface area contributed by atoms with E-state index in [1.165, 1.54) is 6.26 Å². The van der Waals surface area contributed by atoms with Crippen LogP contribution >= 0.6 is 0 Å². The van der Waals surface area contributed by atoms with Gasteiger partial charge >= 0.3 is 0 Å². The van der Waals surface area contributed by atoms with E-state index < -0.39 is 9.84 Å². The second kappa shape index (κ2) is 6.01. The van der Waals surface area contributed by atoms with Crippen molar-refractivity contribution in [2.45, 2.75) is 59.5 Å². The van der Waals surface area contributed by atoms with Crippen molar-refractivity contribution >= 4 is 9.84 Å². The first-order valence-electron chi connectivity index (χ1n) is 5.93. The molecule has 4 heteroatoms. The van der Waals surface area contributed by atoms with Crippen LogP contribution in [0.25, 0.3) is 0 Å². The first-order valence-corrected chi connectivity index (χ1v) is 7.99. The Bertz CT molecular complexity index is 291. The summed E-state index contributed by atoms with van der Waals surface area (Å²) >= 11 is 0. The first-order chi connectivity index (χ1) is 6.99. The predicted molar refractivity (Wildman–Crippen MR) is 70.5 cm³/mol. The first kappa shape index (κ1) is 15.9. The molecule has 0 saturated heterocycles. The Morgan fingerprint density at radius 2 is 1.62 bits per heavy atom. The fraction of sp³-hybridized carbons (Fsp3) is 1.00. The molecule has 1 N–H and O–H groups in total. The summed E-state index contributed by atoms with van der Waals surface area (Å²) in [6, 6.07) is 0.404. The summed E-state index contributed by atoms with van der Waals surface area (Å²) in [6.07, 6.45) is 3.51. The molecule has 16 heavy (non-hydrogen) atoms. The van der Waals surface area contributed by atoms with Crippen LogP contribution in [0.2, 0.25) is 0 Å². The Morgan fingerprint density at radius 3 is 2.00 bits per heavy atom. The zero-order chi connectivity index (χ0) is 13.0. The summed E-state index contributed by atoms with van der Waals surface area (Å²) < 4.78 is 22.2. The summed E-state index contributed by atoms with van der Waals surface area (Å²) in [5.74, 6) is 0.215. The van der Waals surface area contributed by atoms with Gasteiger partial charge in [-0.15, -0.1) is 0 Å². The van der Waals surface area contributed by atoms with Crippen LogP contribution in [0.5, 0.6) is 0 Å². The topological polar surface area (TPSA) is 46.2 Å². The van der Waals surface area contributed by atoms with Gasteiger partial charge in [-0.25, -0.2) is 8.42 Å². The van der Waals surface area contributed by atoms with Crippen LogP contribution in [-0.4, -0.2) is 32.5 Å². The monoisotopic (exact) mass is 249 g/mol. The SMILES string of the molecule is CC(CCC(C)(C)C)NC(C)CS(C)(=O)=O. The van der Waals surface area contributed by atoms with E-state index in [1.54, 1.807) is 0 Å². The molecule has 0 bridgehead atoms. The molecule has 0 saturated carbocycles. The average Bonchev–Trinajstić information content (AvgIpc) is 1.95. The molecule has 0 fully saturated rings. The average molecular weight is 249 g/mol. The van der Waals surface area contributed by atoms with Crippen molar-refractivity contribution in [3.8, 4) is 0 Å². The van der Waals surface area contributed by atoms with Gasteiger partial charge in [0.15, 0.2) is 0 Å². The maximum Gasteiger partial charge on any atom is 0.148 e. The minimum Gasteiger partial charge on any atom is -0.311 e. The second-order valence-electron chi connectivity index (χ2n) is 6.16. The molecule has 0 heterocycles. The van der Waals surface area contributed by atoms with E-state index in [9.17, 15) is 8.42 Å². The number of hydrogen-bond acceptors (Lipinski definition) is 3. The second-order valence-corrected chi connectivity index (χ2v) is 8.35. The lowest BCUT2D eigenvalue weighted by Gasteiger charge is -2.24. The van der Waals surface area contributed by atoms with Crippen LogP contribution in [0.4, 0.5) is 0 Å². The normalized spacial score (nSPS) is 17.1. The van der Waals surface area contributed by atoms with E-state index in [0.29, 0.717) is 11.5 Å². The molecular weight excluding hydrogens is 222 g/mol. The van der Waals surface area contributed by atoms with Gasteiger partial charge in [-0.05, 0) is 32.1 Å². The molecule has 0 radical (unpaired) electrons. The largest absolute Gasteiger partial charge is 0.311 e. The smallest absolute Gasteiger partial charge is 0.148 e. The molecule has 0 rings (SSSR count). The molecule has 0 spiro atoms. The highest BCUT2D eigenvalue weighted by Gasteiger charge is 2.15. The lowest BCUT2D eigenvalue weighted by molar-refractivity contribution is 0.330. The van der Waals surface area contributed by atoms with Gasteiger partial charge in [0.05, 0.1) is 5.75 Å². The molecule has 0 amide bonds. The van der Waals surface area contributed by atoms with E-state index in [-0.39, 0.29) is 11.8 Å². The zero-order valence-corrected chi connectivity index (χ0v) is 12.3. The Labute approximate surface area is 101 Å². The maximum absolute atomic E-state index is 11.1. The minimum atomic E-state index is -2.87. The van der Waals surface area contributed by atoms with Crippen molar-refractivity contribution in [3.63, 3.8) is 0 Å². The van der Waals surface area contributed by atoms with Crippen molar-refractivity contribution in [1.82, 2.24) is 5.32 Å². The highest BCUT2D eigenvalue weighted by molar-refractivity contribution is 7.90. The van der Waals surface area contributed by atoms with Crippen molar-refractivity contribution in [1.29, 1.82) is 0 Å². The van der Waals surface area contributed by atoms with Crippen LogP contribution in [0.1, 0.15) is 47.5 Å². The summed E-state index contributed by atoms with van der Waals surface area (Å²) in [6.45, 7) is 10.7. The summed E-state index contributed by atoms with van der Waals surface area (Å²) in [5.41, 5.74) is 0.343. The molecule has 2 unspecified atom stereocenters. The van der Waals surface area contributed by atoms with E-state index in [1.807, 2.05) is 6.92 Å². The molecule has 0 aliphatic carbocycles. The predicted octanol–water partition coefficient (Wildman–Crippen LogP) is 2.22. The van der Waals surface area contributed by atoms with Crippen LogP contribution in [0, 0.1) is 5.41 Å². The standard InChI is InChI=1S/C12H27NO2S/c1-10(7-8-12(3,4)5)13-11(2)9-16(6,14)15/h10-11,13H,7-9H2,1-6H3. The summed E-state index contributed by atoms with van der Waals surface area (Å²) in [5, 5.41) is 3.33. The molecule has 0 aromatic carbocycles. The van der Waals surface area contributed by atoms with Gasteiger partial charge in [0.25, 0.3) is 0 Å². The third-order valence-electron chi connectivity index (χ3n) is 2.45. The van der Waals surface area contributed by atoms with Crippen molar-refractivity contribution in [2.24, 2.45) is 5.41 Å². The number of rotatable bonds is 6.